The smallest absolute Gasteiger partial charge is 0.335 e. The standard InChI is InChI=1S/C25H18FN5O2/c26-18-11-13-19(14-12-18)31-24-21(30(25(31)33)15-16-7-3-1-4-8-16)20(22(27)32)28-23(29-24)17-9-5-2-6-10-17/h1-14H,15H2,(H2,27,32). The van der Waals surface area contributed by atoms with Crippen molar-refractivity contribution in [3.8, 4) is 17.1 Å². The van der Waals surface area contributed by atoms with Crippen molar-refractivity contribution in [1.82, 2.24) is 19.1 Å². The largest absolute Gasteiger partial charge is 0.364 e. The topological polar surface area (TPSA) is 95.8 Å². The van der Waals surface area contributed by atoms with Crippen LogP contribution in [-0.2, 0) is 6.54 Å². The Morgan fingerprint density at radius 2 is 1.52 bits per heavy atom. The maximum absolute atomic E-state index is 13.6. The number of primary amides is 1. The molecule has 0 aliphatic carbocycles. The van der Waals surface area contributed by atoms with Crippen LogP contribution in [0.4, 0.5) is 4.39 Å². The number of amides is 1. The molecule has 3 aromatic carbocycles. The predicted octanol–water partition coefficient (Wildman–Crippen LogP) is 3.54. The first-order chi connectivity index (χ1) is 16.0. The summed E-state index contributed by atoms with van der Waals surface area (Å²) in [6.07, 6.45) is 0. The summed E-state index contributed by atoms with van der Waals surface area (Å²) in [6.45, 7) is 0.179. The monoisotopic (exact) mass is 439 g/mol. The molecule has 7 nitrogen and oxygen atoms in total. The Labute approximate surface area is 187 Å². The van der Waals surface area contributed by atoms with Crippen molar-refractivity contribution in [3.05, 3.63) is 112 Å². The zero-order valence-electron chi connectivity index (χ0n) is 17.4. The van der Waals surface area contributed by atoms with Gasteiger partial charge in [0.2, 0.25) is 0 Å². The molecule has 0 spiro atoms. The van der Waals surface area contributed by atoms with Gasteiger partial charge in [0.25, 0.3) is 5.91 Å². The maximum Gasteiger partial charge on any atom is 0.335 e. The lowest BCUT2D eigenvalue weighted by Crippen LogP contribution is -2.24. The third kappa shape index (κ3) is 3.67. The van der Waals surface area contributed by atoms with Crippen molar-refractivity contribution in [2.45, 2.75) is 6.54 Å². The molecule has 0 saturated carbocycles. The summed E-state index contributed by atoms with van der Waals surface area (Å²) in [5.41, 5.74) is 7.55. The van der Waals surface area contributed by atoms with Gasteiger partial charge in [0, 0.05) is 5.56 Å². The van der Waals surface area contributed by atoms with E-state index < -0.39 is 17.4 Å². The second-order valence-electron chi connectivity index (χ2n) is 7.46. The molecular formula is C25H18FN5O2. The summed E-state index contributed by atoms with van der Waals surface area (Å²) in [7, 11) is 0. The summed E-state index contributed by atoms with van der Waals surface area (Å²) >= 11 is 0. The molecule has 162 valence electrons. The molecule has 0 saturated heterocycles. The zero-order valence-corrected chi connectivity index (χ0v) is 17.4. The van der Waals surface area contributed by atoms with Crippen LogP contribution in [0.25, 0.3) is 28.2 Å². The van der Waals surface area contributed by atoms with Crippen molar-refractivity contribution in [2.75, 3.05) is 0 Å². The highest BCUT2D eigenvalue weighted by Gasteiger charge is 2.24. The summed E-state index contributed by atoms with van der Waals surface area (Å²) < 4.78 is 16.4. The SMILES string of the molecule is NC(=O)c1nc(-c2ccccc2)nc2c1n(Cc1ccccc1)c(=O)n2-c1ccc(F)cc1. The number of halogens is 1. The lowest BCUT2D eigenvalue weighted by atomic mass is 10.2. The van der Waals surface area contributed by atoms with Gasteiger partial charge >= 0.3 is 5.69 Å². The van der Waals surface area contributed by atoms with E-state index >= 15 is 0 Å². The Kier molecular flexibility index (Phi) is 5.02. The molecule has 0 fully saturated rings. The van der Waals surface area contributed by atoms with Gasteiger partial charge in [-0.25, -0.2) is 23.7 Å². The van der Waals surface area contributed by atoms with E-state index in [4.69, 9.17) is 5.73 Å². The van der Waals surface area contributed by atoms with Crippen LogP contribution < -0.4 is 11.4 Å². The van der Waals surface area contributed by atoms with E-state index in [1.165, 1.54) is 33.4 Å². The first-order valence-electron chi connectivity index (χ1n) is 10.2. The first-order valence-corrected chi connectivity index (χ1v) is 10.2. The number of nitrogens with two attached hydrogens (primary N) is 1. The average molecular weight is 439 g/mol. The van der Waals surface area contributed by atoms with Crippen molar-refractivity contribution in [1.29, 1.82) is 0 Å². The molecule has 0 bridgehead atoms. The van der Waals surface area contributed by atoms with Crippen molar-refractivity contribution in [3.63, 3.8) is 0 Å². The van der Waals surface area contributed by atoms with Crippen LogP contribution in [0, 0.1) is 5.82 Å². The summed E-state index contributed by atoms with van der Waals surface area (Å²) in [5.74, 6) is -0.959. The summed E-state index contributed by atoms with van der Waals surface area (Å²) in [6, 6.07) is 23.9. The molecule has 0 atom stereocenters. The zero-order chi connectivity index (χ0) is 22.9. The molecule has 0 aliphatic heterocycles. The normalized spacial score (nSPS) is 11.1. The highest BCUT2D eigenvalue weighted by molar-refractivity contribution is 6.02. The van der Waals surface area contributed by atoms with Crippen LogP contribution in [0.2, 0.25) is 0 Å². The van der Waals surface area contributed by atoms with E-state index in [1.54, 1.807) is 12.1 Å². The number of fused-ring (bicyclic) bond motifs is 1. The van der Waals surface area contributed by atoms with Gasteiger partial charge in [0.1, 0.15) is 11.3 Å². The molecule has 33 heavy (non-hydrogen) atoms. The lowest BCUT2D eigenvalue weighted by molar-refractivity contribution is 0.0997. The Morgan fingerprint density at radius 1 is 0.879 bits per heavy atom. The Hall–Kier alpha value is -4.59. The van der Waals surface area contributed by atoms with Crippen LogP contribution in [0.15, 0.2) is 89.7 Å². The van der Waals surface area contributed by atoms with Crippen molar-refractivity contribution in [2.24, 2.45) is 5.73 Å². The molecule has 5 aromatic rings. The molecule has 8 heteroatoms. The second kappa shape index (κ2) is 8.16. The van der Waals surface area contributed by atoms with Crippen molar-refractivity contribution < 1.29 is 9.18 Å². The van der Waals surface area contributed by atoms with Gasteiger partial charge < -0.3 is 5.73 Å². The summed E-state index contributed by atoms with van der Waals surface area (Å²) in [4.78, 5) is 35.1. The lowest BCUT2D eigenvalue weighted by Gasteiger charge is -2.08. The Bertz CT molecular complexity index is 1530. The quantitative estimate of drug-likeness (QED) is 0.453. The van der Waals surface area contributed by atoms with Crippen molar-refractivity contribution >= 4 is 17.1 Å². The van der Waals surface area contributed by atoms with Gasteiger partial charge in [-0.3, -0.25) is 9.36 Å². The number of benzene rings is 3. The highest BCUT2D eigenvalue weighted by Crippen LogP contribution is 2.24. The minimum absolute atomic E-state index is 0.0623. The molecule has 2 heterocycles. The predicted molar refractivity (Wildman–Crippen MR) is 123 cm³/mol. The molecule has 5 rings (SSSR count). The van der Waals surface area contributed by atoms with E-state index in [-0.39, 0.29) is 29.2 Å². The van der Waals surface area contributed by atoms with E-state index in [2.05, 4.69) is 9.97 Å². The fourth-order valence-electron chi connectivity index (χ4n) is 3.78. The fraction of sp³-hybridized carbons (Fsp3) is 0.0400. The van der Waals surface area contributed by atoms with Crippen LogP contribution in [0.1, 0.15) is 16.1 Å². The van der Waals surface area contributed by atoms with E-state index in [0.717, 1.165) is 5.56 Å². The van der Waals surface area contributed by atoms with Gasteiger partial charge in [-0.15, -0.1) is 0 Å². The Balaban J connectivity index is 1.87. The minimum Gasteiger partial charge on any atom is -0.364 e. The van der Waals surface area contributed by atoms with Crippen LogP contribution in [0.5, 0.6) is 0 Å². The number of imidazole rings is 1. The molecule has 1 amide bonds. The number of carbonyl (C=O) groups excluding carboxylic acids is 1. The number of aromatic nitrogens is 4. The fourth-order valence-corrected chi connectivity index (χ4v) is 3.78. The van der Waals surface area contributed by atoms with Crippen LogP contribution in [0.3, 0.4) is 0 Å². The van der Waals surface area contributed by atoms with Crippen LogP contribution >= 0.6 is 0 Å². The van der Waals surface area contributed by atoms with E-state index in [9.17, 15) is 14.0 Å². The molecule has 2 N–H and O–H groups in total. The molecule has 0 radical (unpaired) electrons. The third-order valence-corrected chi connectivity index (χ3v) is 5.30. The molecule has 0 aliphatic rings. The average Bonchev–Trinajstić information content (AvgIpc) is 3.11. The third-order valence-electron chi connectivity index (χ3n) is 5.30. The minimum atomic E-state index is -0.780. The molecule has 0 unspecified atom stereocenters. The summed E-state index contributed by atoms with van der Waals surface area (Å²) in [5, 5.41) is 0. The number of nitrogens with zero attached hydrogens (tertiary/aromatic N) is 4. The number of hydrogen-bond donors (Lipinski definition) is 1. The number of rotatable bonds is 5. The molecule has 2 aromatic heterocycles. The van der Waals surface area contributed by atoms with Gasteiger partial charge in [-0.2, -0.15) is 0 Å². The first kappa shape index (κ1) is 20.3. The Morgan fingerprint density at radius 3 is 2.15 bits per heavy atom. The van der Waals surface area contributed by atoms with Gasteiger partial charge in [-0.05, 0) is 29.8 Å². The van der Waals surface area contributed by atoms with Gasteiger partial charge in [0.15, 0.2) is 17.2 Å². The molecular weight excluding hydrogens is 421 g/mol. The second-order valence-corrected chi connectivity index (χ2v) is 7.46. The van der Waals surface area contributed by atoms with E-state index in [0.29, 0.717) is 11.3 Å². The van der Waals surface area contributed by atoms with Gasteiger partial charge in [0.05, 0.1) is 12.2 Å². The van der Waals surface area contributed by atoms with E-state index in [1.807, 2.05) is 48.5 Å². The number of carbonyl (C=O) groups is 1. The van der Waals surface area contributed by atoms with Gasteiger partial charge in [-0.1, -0.05) is 60.7 Å². The number of hydrogen-bond acceptors (Lipinski definition) is 4. The maximum atomic E-state index is 13.6. The van der Waals surface area contributed by atoms with Crippen LogP contribution in [-0.4, -0.2) is 25.0 Å². The highest BCUT2D eigenvalue weighted by atomic mass is 19.1.